The quantitative estimate of drug-likeness (QED) is 0.848. The van der Waals surface area contributed by atoms with Crippen molar-refractivity contribution in [2.24, 2.45) is 0 Å². The van der Waals surface area contributed by atoms with Gasteiger partial charge in [0.1, 0.15) is 19.0 Å². The molecule has 2 aliphatic heterocycles. The summed E-state index contributed by atoms with van der Waals surface area (Å²) in [4.78, 5) is 16.8. The van der Waals surface area contributed by atoms with Crippen LogP contribution in [0.2, 0.25) is 0 Å². The van der Waals surface area contributed by atoms with E-state index in [0.717, 1.165) is 18.7 Å². The van der Waals surface area contributed by atoms with Crippen LogP contribution < -0.4 is 9.47 Å². The van der Waals surface area contributed by atoms with Crippen molar-refractivity contribution in [1.82, 2.24) is 9.80 Å². The fourth-order valence-electron chi connectivity index (χ4n) is 3.36. The van der Waals surface area contributed by atoms with Crippen LogP contribution >= 0.6 is 0 Å². The van der Waals surface area contributed by atoms with Crippen LogP contribution in [0.25, 0.3) is 0 Å². The van der Waals surface area contributed by atoms with Crippen LogP contribution in [0.5, 0.6) is 11.5 Å². The van der Waals surface area contributed by atoms with Gasteiger partial charge in [0, 0.05) is 38.3 Å². The van der Waals surface area contributed by atoms with Crippen LogP contribution in [0.15, 0.2) is 42.5 Å². The number of rotatable bonds is 3. The second kappa shape index (κ2) is 7.33. The number of piperazine rings is 1. The van der Waals surface area contributed by atoms with Gasteiger partial charge in [-0.1, -0.05) is 12.1 Å². The summed E-state index contributed by atoms with van der Waals surface area (Å²) in [6.07, 6.45) is 0. The zero-order chi connectivity index (χ0) is 17.9. The lowest BCUT2D eigenvalue weighted by Crippen LogP contribution is -2.48. The van der Waals surface area contributed by atoms with Gasteiger partial charge in [0.15, 0.2) is 11.5 Å². The van der Waals surface area contributed by atoms with E-state index in [2.05, 4.69) is 4.90 Å². The maximum absolute atomic E-state index is 13.3. The summed E-state index contributed by atoms with van der Waals surface area (Å²) in [6.45, 7) is 4.59. The lowest BCUT2D eigenvalue weighted by Gasteiger charge is -2.35. The van der Waals surface area contributed by atoms with E-state index in [0.29, 0.717) is 49.9 Å². The molecule has 6 heteroatoms. The minimum Gasteiger partial charge on any atom is -0.486 e. The number of benzene rings is 2. The number of hydrogen-bond acceptors (Lipinski definition) is 4. The van der Waals surface area contributed by atoms with E-state index in [9.17, 15) is 9.18 Å². The highest BCUT2D eigenvalue weighted by Crippen LogP contribution is 2.31. The largest absolute Gasteiger partial charge is 0.486 e. The van der Waals surface area contributed by atoms with Gasteiger partial charge in [-0.2, -0.15) is 0 Å². The van der Waals surface area contributed by atoms with Crippen molar-refractivity contribution in [3.63, 3.8) is 0 Å². The first-order valence-electron chi connectivity index (χ1n) is 8.85. The lowest BCUT2D eigenvalue weighted by molar-refractivity contribution is 0.0627. The van der Waals surface area contributed by atoms with E-state index in [-0.39, 0.29) is 11.7 Å². The molecule has 1 saturated heterocycles. The molecular formula is C20H21FN2O3. The Morgan fingerprint density at radius 3 is 2.50 bits per heavy atom. The van der Waals surface area contributed by atoms with E-state index in [1.807, 2.05) is 11.0 Å². The molecule has 0 aromatic heterocycles. The van der Waals surface area contributed by atoms with Gasteiger partial charge < -0.3 is 14.4 Å². The molecule has 0 spiro atoms. The Bertz CT molecular complexity index is 803. The van der Waals surface area contributed by atoms with Gasteiger partial charge in [-0.25, -0.2) is 4.39 Å². The molecular weight excluding hydrogens is 335 g/mol. The van der Waals surface area contributed by atoms with Crippen LogP contribution in [0.3, 0.4) is 0 Å². The zero-order valence-electron chi connectivity index (χ0n) is 14.5. The molecule has 2 heterocycles. The number of carbonyl (C=O) groups excluding carboxylic acids is 1. The summed E-state index contributed by atoms with van der Waals surface area (Å²) >= 11 is 0. The van der Waals surface area contributed by atoms with Gasteiger partial charge in [0.2, 0.25) is 0 Å². The average Bonchev–Trinajstić information content (AvgIpc) is 2.68. The normalized spacial score (nSPS) is 17.2. The maximum atomic E-state index is 13.3. The number of amides is 1. The molecule has 26 heavy (non-hydrogen) atoms. The predicted molar refractivity (Wildman–Crippen MR) is 95.0 cm³/mol. The van der Waals surface area contributed by atoms with Gasteiger partial charge in [0.25, 0.3) is 5.91 Å². The molecule has 2 aliphatic rings. The summed E-state index contributed by atoms with van der Waals surface area (Å²) < 4.78 is 24.4. The average molecular weight is 356 g/mol. The van der Waals surface area contributed by atoms with Crippen LogP contribution in [0.4, 0.5) is 4.39 Å². The molecule has 0 bridgehead atoms. The predicted octanol–water partition coefficient (Wildman–Crippen LogP) is 2.55. The molecule has 2 aromatic rings. The van der Waals surface area contributed by atoms with Crippen LogP contribution in [0, 0.1) is 5.82 Å². The Balaban J connectivity index is 1.36. The molecule has 1 fully saturated rings. The fourth-order valence-corrected chi connectivity index (χ4v) is 3.36. The number of fused-ring (bicyclic) bond motifs is 1. The molecule has 0 unspecified atom stereocenters. The molecule has 0 aliphatic carbocycles. The van der Waals surface area contributed by atoms with E-state index >= 15 is 0 Å². The van der Waals surface area contributed by atoms with E-state index < -0.39 is 0 Å². The number of hydrogen-bond donors (Lipinski definition) is 0. The second-order valence-corrected chi connectivity index (χ2v) is 6.56. The molecule has 0 saturated carbocycles. The number of carbonyl (C=O) groups is 1. The van der Waals surface area contributed by atoms with Gasteiger partial charge in [-0.15, -0.1) is 0 Å². The van der Waals surface area contributed by atoms with Crippen molar-refractivity contribution in [2.75, 3.05) is 39.4 Å². The molecule has 0 atom stereocenters. The fraction of sp³-hybridized carbons (Fsp3) is 0.350. The first kappa shape index (κ1) is 16.8. The van der Waals surface area contributed by atoms with Crippen molar-refractivity contribution in [3.05, 3.63) is 59.4 Å². The van der Waals surface area contributed by atoms with Crippen LogP contribution in [-0.2, 0) is 6.54 Å². The van der Waals surface area contributed by atoms with Crippen molar-refractivity contribution >= 4 is 5.91 Å². The highest BCUT2D eigenvalue weighted by Gasteiger charge is 2.23. The first-order chi connectivity index (χ1) is 12.7. The maximum Gasteiger partial charge on any atom is 0.254 e. The molecule has 0 N–H and O–H groups in total. The Morgan fingerprint density at radius 1 is 0.962 bits per heavy atom. The Hall–Kier alpha value is -2.60. The third-order valence-electron chi connectivity index (χ3n) is 4.74. The van der Waals surface area contributed by atoms with Gasteiger partial charge in [0.05, 0.1) is 0 Å². The topological polar surface area (TPSA) is 42.0 Å². The Morgan fingerprint density at radius 2 is 1.73 bits per heavy atom. The Labute approximate surface area is 151 Å². The molecule has 4 rings (SSSR count). The minimum atomic E-state index is -0.213. The van der Waals surface area contributed by atoms with Crippen molar-refractivity contribution < 1.29 is 18.7 Å². The lowest BCUT2D eigenvalue weighted by atomic mass is 10.1. The third kappa shape index (κ3) is 3.65. The highest BCUT2D eigenvalue weighted by molar-refractivity contribution is 5.95. The summed E-state index contributed by atoms with van der Waals surface area (Å²) in [6, 6.07) is 12.0. The zero-order valence-corrected chi connectivity index (χ0v) is 14.5. The summed E-state index contributed by atoms with van der Waals surface area (Å²) in [5.41, 5.74) is 1.57. The molecule has 5 nitrogen and oxygen atoms in total. The smallest absolute Gasteiger partial charge is 0.254 e. The van der Waals surface area contributed by atoms with E-state index in [1.165, 1.54) is 6.07 Å². The first-order valence-corrected chi connectivity index (χ1v) is 8.85. The third-order valence-corrected chi connectivity index (χ3v) is 4.74. The number of halogens is 1. The van der Waals surface area contributed by atoms with Crippen molar-refractivity contribution in [1.29, 1.82) is 0 Å². The second-order valence-electron chi connectivity index (χ2n) is 6.56. The molecule has 2 aromatic carbocycles. The number of nitrogens with zero attached hydrogens (tertiary/aromatic N) is 2. The number of ether oxygens (including phenoxy) is 2. The standard InChI is InChI=1S/C20H21FN2O3/c21-17-3-1-2-15(12-17)14-22-6-8-23(9-7-22)20(24)16-4-5-18-19(13-16)26-11-10-25-18/h1-5,12-13H,6-11,14H2. The minimum absolute atomic E-state index is 0.00683. The highest BCUT2D eigenvalue weighted by atomic mass is 19.1. The van der Waals surface area contributed by atoms with Crippen molar-refractivity contribution in [2.45, 2.75) is 6.54 Å². The SMILES string of the molecule is O=C(c1ccc2c(c1)OCCO2)N1CCN(Cc2cccc(F)c2)CC1. The summed E-state index contributed by atoms with van der Waals surface area (Å²) in [5, 5.41) is 0. The van der Waals surface area contributed by atoms with E-state index in [4.69, 9.17) is 9.47 Å². The van der Waals surface area contributed by atoms with Gasteiger partial charge in [-0.3, -0.25) is 9.69 Å². The van der Waals surface area contributed by atoms with E-state index in [1.54, 1.807) is 30.3 Å². The molecule has 1 amide bonds. The Kier molecular flexibility index (Phi) is 4.75. The molecule has 0 radical (unpaired) electrons. The summed E-state index contributed by atoms with van der Waals surface area (Å²) in [7, 11) is 0. The summed E-state index contributed by atoms with van der Waals surface area (Å²) in [5.74, 6) is 1.11. The van der Waals surface area contributed by atoms with Crippen LogP contribution in [0.1, 0.15) is 15.9 Å². The molecule has 136 valence electrons. The van der Waals surface area contributed by atoms with Gasteiger partial charge in [-0.05, 0) is 35.9 Å². The van der Waals surface area contributed by atoms with Crippen LogP contribution in [-0.4, -0.2) is 55.1 Å². The van der Waals surface area contributed by atoms with Crippen molar-refractivity contribution in [3.8, 4) is 11.5 Å². The van der Waals surface area contributed by atoms with Gasteiger partial charge >= 0.3 is 0 Å². The monoisotopic (exact) mass is 356 g/mol.